The summed E-state index contributed by atoms with van der Waals surface area (Å²) in [6, 6.07) is 18.5. The molecule has 1 heterocycles. The van der Waals surface area contributed by atoms with Gasteiger partial charge >= 0.3 is 0 Å². The highest BCUT2D eigenvalue weighted by Crippen LogP contribution is 2.26. The molecule has 0 unspecified atom stereocenters. The second-order valence-corrected chi connectivity index (χ2v) is 8.64. The molecule has 1 aromatic heterocycles. The van der Waals surface area contributed by atoms with Crippen LogP contribution in [0.4, 0.5) is 11.4 Å². The van der Waals surface area contributed by atoms with Crippen LogP contribution in [0.2, 0.25) is 0 Å². The van der Waals surface area contributed by atoms with Crippen LogP contribution in [0.5, 0.6) is 0 Å². The van der Waals surface area contributed by atoms with Gasteiger partial charge in [0, 0.05) is 41.7 Å². The number of nitrogens with one attached hydrogen (secondary N) is 1. The Kier molecular flexibility index (Phi) is 6.55. The van der Waals surface area contributed by atoms with E-state index in [1.807, 2.05) is 45.0 Å². The first-order valence-electron chi connectivity index (χ1n) is 11.6. The van der Waals surface area contributed by atoms with Gasteiger partial charge in [0.15, 0.2) is 5.43 Å². The van der Waals surface area contributed by atoms with Crippen LogP contribution < -0.4 is 15.6 Å². The van der Waals surface area contributed by atoms with Gasteiger partial charge in [-0.25, -0.2) is 0 Å². The smallest absolute Gasteiger partial charge is 0.255 e. The topological polar surface area (TPSA) is 62.6 Å². The third kappa shape index (κ3) is 4.60. The van der Waals surface area contributed by atoms with E-state index in [0.29, 0.717) is 22.3 Å². The molecule has 174 valence electrons. The van der Waals surface area contributed by atoms with Crippen molar-refractivity contribution in [2.75, 3.05) is 23.3 Å². The Morgan fingerprint density at radius 1 is 0.882 bits per heavy atom. The molecular formula is C29H30N2O3. The molecule has 0 aliphatic carbocycles. The highest BCUT2D eigenvalue weighted by atomic mass is 16.3. The Bertz CT molecular complexity index is 1410. The van der Waals surface area contributed by atoms with Crippen molar-refractivity contribution in [2.45, 2.75) is 34.6 Å². The summed E-state index contributed by atoms with van der Waals surface area (Å²) in [5.74, 6) is 0.302. The molecule has 0 saturated heterocycles. The lowest BCUT2D eigenvalue weighted by atomic mass is 10.1. The van der Waals surface area contributed by atoms with Crippen molar-refractivity contribution in [2.24, 2.45) is 0 Å². The molecular weight excluding hydrogens is 424 g/mol. The van der Waals surface area contributed by atoms with Crippen LogP contribution >= 0.6 is 0 Å². The summed E-state index contributed by atoms with van der Waals surface area (Å²) in [5, 5.41) is 3.59. The number of fused-ring (bicyclic) bond motifs is 1. The number of hydrogen-bond acceptors (Lipinski definition) is 4. The fourth-order valence-electron chi connectivity index (χ4n) is 4.31. The average Bonchev–Trinajstić information content (AvgIpc) is 2.82. The number of hydrogen-bond donors (Lipinski definition) is 1. The number of rotatable bonds is 6. The zero-order chi connectivity index (χ0) is 24.4. The lowest BCUT2D eigenvalue weighted by molar-refractivity contribution is 0.102. The molecule has 3 aromatic carbocycles. The van der Waals surface area contributed by atoms with Gasteiger partial charge in [-0.1, -0.05) is 18.2 Å². The maximum Gasteiger partial charge on any atom is 0.255 e. The van der Waals surface area contributed by atoms with Crippen LogP contribution in [0.1, 0.15) is 40.9 Å². The average molecular weight is 455 g/mol. The molecule has 0 aliphatic rings. The van der Waals surface area contributed by atoms with Crippen molar-refractivity contribution in [1.29, 1.82) is 0 Å². The fraction of sp³-hybridized carbons (Fsp3) is 0.241. The lowest BCUT2D eigenvalue weighted by Crippen LogP contribution is -2.22. The van der Waals surface area contributed by atoms with Crippen molar-refractivity contribution in [1.82, 2.24) is 0 Å². The molecule has 4 rings (SSSR count). The van der Waals surface area contributed by atoms with E-state index in [9.17, 15) is 9.59 Å². The molecule has 1 amide bonds. The van der Waals surface area contributed by atoms with Crippen molar-refractivity contribution in [3.8, 4) is 11.3 Å². The van der Waals surface area contributed by atoms with Crippen LogP contribution in [0.15, 0.2) is 69.9 Å². The van der Waals surface area contributed by atoms with Crippen molar-refractivity contribution >= 4 is 28.3 Å². The predicted octanol–water partition coefficient (Wildman–Crippen LogP) is 6.48. The number of carbonyl (C=O) groups excluding carboxylic acids is 1. The Labute approximate surface area is 200 Å². The summed E-state index contributed by atoms with van der Waals surface area (Å²) in [6.07, 6.45) is 0. The number of anilines is 2. The van der Waals surface area contributed by atoms with Gasteiger partial charge in [0.25, 0.3) is 5.91 Å². The second-order valence-electron chi connectivity index (χ2n) is 8.64. The molecule has 0 spiro atoms. The molecule has 0 aliphatic heterocycles. The van der Waals surface area contributed by atoms with Gasteiger partial charge in [-0.2, -0.15) is 0 Å². The Balaban J connectivity index is 1.56. The number of amides is 1. The van der Waals surface area contributed by atoms with E-state index in [4.69, 9.17) is 4.42 Å². The maximum absolute atomic E-state index is 12.9. The third-order valence-electron chi connectivity index (χ3n) is 6.18. The fourth-order valence-corrected chi connectivity index (χ4v) is 4.31. The predicted molar refractivity (Wildman–Crippen MR) is 140 cm³/mol. The minimum Gasteiger partial charge on any atom is -0.456 e. The largest absolute Gasteiger partial charge is 0.456 e. The monoisotopic (exact) mass is 454 g/mol. The van der Waals surface area contributed by atoms with Gasteiger partial charge in [0.05, 0.1) is 5.39 Å². The molecule has 0 bridgehead atoms. The normalized spacial score (nSPS) is 11.0. The van der Waals surface area contributed by atoms with Gasteiger partial charge in [0.2, 0.25) is 0 Å². The van der Waals surface area contributed by atoms with Gasteiger partial charge in [-0.05, 0) is 87.7 Å². The zero-order valence-corrected chi connectivity index (χ0v) is 20.4. The molecule has 0 saturated carbocycles. The van der Waals surface area contributed by atoms with Crippen molar-refractivity contribution < 1.29 is 9.21 Å². The SMILES string of the molecule is CCN(CC)c1ccc(NC(=O)c2ccc(-c3cc(=O)c4cc(C)cc(C)c4o3)cc2)c(C)c1. The molecule has 5 nitrogen and oxygen atoms in total. The molecule has 34 heavy (non-hydrogen) atoms. The highest BCUT2D eigenvalue weighted by molar-refractivity contribution is 6.05. The van der Waals surface area contributed by atoms with E-state index in [1.165, 1.54) is 6.07 Å². The molecule has 4 aromatic rings. The first kappa shape index (κ1) is 23.3. The maximum atomic E-state index is 12.9. The van der Waals surface area contributed by atoms with E-state index >= 15 is 0 Å². The molecule has 5 heteroatoms. The standard InChI is InChI=1S/C29H30N2O3/c1-6-31(7-2)23-12-13-25(19(4)16-23)30-29(33)22-10-8-21(9-11-22)27-17-26(32)24-15-18(3)14-20(5)28(24)34-27/h8-17H,6-7H2,1-5H3,(H,30,33). The highest BCUT2D eigenvalue weighted by Gasteiger charge is 2.13. The van der Waals surface area contributed by atoms with Crippen molar-refractivity contribution in [3.05, 3.63) is 93.1 Å². The molecule has 1 N–H and O–H groups in total. The van der Waals surface area contributed by atoms with Crippen LogP contribution in [0.3, 0.4) is 0 Å². The van der Waals surface area contributed by atoms with Gasteiger partial charge in [-0.3, -0.25) is 9.59 Å². The van der Waals surface area contributed by atoms with E-state index in [1.54, 1.807) is 24.3 Å². The summed E-state index contributed by atoms with van der Waals surface area (Å²) in [6.45, 7) is 12.0. The Morgan fingerprint density at radius 2 is 1.59 bits per heavy atom. The van der Waals surface area contributed by atoms with Crippen LogP contribution in [0.25, 0.3) is 22.3 Å². The Morgan fingerprint density at radius 3 is 2.24 bits per heavy atom. The number of aryl methyl sites for hydroxylation is 3. The van der Waals surface area contributed by atoms with Gasteiger partial charge < -0.3 is 14.6 Å². The van der Waals surface area contributed by atoms with Crippen LogP contribution in [-0.4, -0.2) is 19.0 Å². The zero-order valence-electron chi connectivity index (χ0n) is 20.4. The Hall–Kier alpha value is -3.86. The van der Waals surface area contributed by atoms with Crippen molar-refractivity contribution in [3.63, 3.8) is 0 Å². The minimum absolute atomic E-state index is 0.0755. The van der Waals surface area contributed by atoms with E-state index in [-0.39, 0.29) is 11.3 Å². The number of benzene rings is 3. The first-order chi connectivity index (χ1) is 16.3. The van der Waals surface area contributed by atoms with Crippen LogP contribution in [-0.2, 0) is 0 Å². The van der Waals surface area contributed by atoms with E-state index in [2.05, 4.69) is 30.1 Å². The molecule has 0 fully saturated rings. The summed E-state index contributed by atoms with van der Waals surface area (Å²) < 4.78 is 6.07. The van der Waals surface area contributed by atoms with E-state index in [0.717, 1.165) is 46.7 Å². The summed E-state index contributed by atoms with van der Waals surface area (Å²) >= 11 is 0. The van der Waals surface area contributed by atoms with E-state index < -0.39 is 0 Å². The van der Waals surface area contributed by atoms with Gasteiger partial charge in [-0.15, -0.1) is 0 Å². The lowest BCUT2D eigenvalue weighted by Gasteiger charge is -2.22. The summed E-state index contributed by atoms with van der Waals surface area (Å²) in [4.78, 5) is 27.8. The van der Waals surface area contributed by atoms with Gasteiger partial charge in [0.1, 0.15) is 11.3 Å². The quantitative estimate of drug-likeness (QED) is 0.362. The third-order valence-corrected chi connectivity index (χ3v) is 6.18. The first-order valence-corrected chi connectivity index (χ1v) is 11.6. The summed E-state index contributed by atoms with van der Waals surface area (Å²) in [7, 11) is 0. The minimum atomic E-state index is -0.184. The number of carbonyl (C=O) groups is 1. The molecule has 0 radical (unpaired) electrons. The summed E-state index contributed by atoms with van der Waals surface area (Å²) in [5.41, 5.74) is 6.69. The second kappa shape index (κ2) is 9.56. The van der Waals surface area contributed by atoms with Crippen LogP contribution in [0, 0.1) is 20.8 Å². The molecule has 0 atom stereocenters. The number of nitrogens with zero attached hydrogens (tertiary/aromatic N) is 1.